The van der Waals surface area contributed by atoms with Crippen LogP contribution in [0.5, 0.6) is 0 Å². The van der Waals surface area contributed by atoms with E-state index in [0.29, 0.717) is 0 Å². The van der Waals surface area contributed by atoms with Crippen LogP contribution in [0.25, 0.3) is 0 Å². The first-order valence-electron chi connectivity index (χ1n) is 22.7. The highest BCUT2D eigenvalue weighted by atomic mass is 16.7. The maximum absolute atomic E-state index is 13.1. The van der Waals surface area contributed by atoms with E-state index < -0.39 is 147 Å². The van der Waals surface area contributed by atoms with Gasteiger partial charge in [-0.15, -0.1) is 0 Å². The fourth-order valence-corrected chi connectivity index (χ4v) is 8.09. The van der Waals surface area contributed by atoms with Crippen LogP contribution in [0.1, 0.15) is 79.1 Å². The molecule has 2 saturated heterocycles. The van der Waals surface area contributed by atoms with Gasteiger partial charge in [0.1, 0.15) is 18.1 Å². The molecule has 0 spiro atoms. The number of allylic oxidation sites excluding steroid dienone is 12. The number of carbonyl (C=O) groups is 2. The van der Waals surface area contributed by atoms with Crippen LogP contribution in [0, 0.1) is 17.8 Å². The minimum absolute atomic E-state index is 0.0949. The highest BCUT2D eigenvalue weighted by molar-refractivity contribution is 5.74. The van der Waals surface area contributed by atoms with Gasteiger partial charge in [0, 0.05) is 37.5 Å². The minimum Gasteiger partial charge on any atom is -0.469 e. The van der Waals surface area contributed by atoms with Gasteiger partial charge in [0.05, 0.1) is 86.7 Å². The number of hydrogen-bond donors (Lipinski definition) is 11. The summed E-state index contributed by atoms with van der Waals surface area (Å²) in [5.41, 5.74) is 6.05. The Morgan fingerprint density at radius 3 is 1.83 bits per heavy atom. The Morgan fingerprint density at radius 1 is 0.667 bits per heavy atom. The lowest BCUT2D eigenvalue weighted by Crippen LogP contribution is -2.61. The normalized spacial score (nSPS) is 41.5. The molecule has 18 heteroatoms. The maximum atomic E-state index is 13.1. The van der Waals surface area contributed by atoms with Gasteiger partial charge < -0.3 is 80.5 Å². The molecule has 18 nitrogen and oxygen atoms in total. The van der Waals surface area contributed by atoms with Crippen molar-refractivity contribution in [3.63, 3.8) is 0 Å². The lowest BCUT2D eigenvalue weighted by molar-refractivity contribution is -0.308. The molecule has 3 aliphatic heterocycles. The Kier molecular flexibility index (Phi) is 24.3. The molecule has 19 atom stereocenters. The van der Waals surface area contributed by atoms with Gasteiger partial charge in [-0.25, -0.2) is 0 Å². The molecule has 2 fully saturated rings. The zero-order valence-electron chi connectivity index (χ0n) is 38.5. The Labute approximate surface area is 387 Å². The average Bonchev–Trinajstić information content (AvgIpc) is 3.24. The summed E-state index contributed by atoms with van der Waals surface area (Å²) in [4.78, 5) is 25.7. The molecule has 3 heterocycles. The van der Waals surface area contributed by atoms with E-state index in [2.05, 4.69) is 0 Å². The number of methoxy groups -OCH3 is 1. The molecule has 0 aromatic rings. The van der Waals surface area contributed by atoms with Gasteiger partial charge in [-0.1, -0.05) is 98.9 Å². The number of aliphatic hydroxyl groups excluding tert-OH is 9. The lowest BCUT2D eigenvalue weighted by atomic mass is 9.82. The number of cyclic esters (lactones) is 1. The molecular weight excluding hydrogens is 864 g/mol. The molecule has 0 radical (unpaired) electrons. The predicted molar refractivity (Wildman–Crippen MR) is 241 cm³/mol. The molecule has 0 aromatic carbocycles. The highest BCUT2D eigenvalue weighted by Crippen LogP contribution is 2.38. The van der Waals surface area contributed by atoms with E-state index in [4.69, 9.17) is 29.4 Å². The van der Waals surface area contributed by atoms with Gasteiger partial charge in [-0.3, -0.25) is 9.59 Å². The molecule has 0 aromatic heterocycles. The third-order valence-electron chi connectivity index (χ3n) is 12.2. The van der Waals surface area contributed by atoms with Crippen molar-refractivity contribution in [2.24, 2.45) is 23.5 Å². The molecule has 0 saturated carbocycles. The number of carbonyl (C=O) groups excluding carboxylic acids is 2. The summed E-state index contributed by atoms with van der Waals surface area (Å²) < 4.78 is 28.4. The molecule has 66 heavy (non-hydrogen) atoms. The average molecular weight is 939 g/mol. The van der Waals surface area contributed by atoms with E-state index in [1.165, 1.54) is 0 Å². The molecule has 2 bridgehead atoms. The second-order valence-electron chi connectivity index (χ2n) is 17.8. The van der Waals surface area contributed by atoms with Crippen molar-refractivity contribution in [3.8, 4) is 0 Å². The second-order valence-corrected chi connectivity index (χ2v) is 17.8. The van der Waals surface area contributed by atoms with Crippen molar-refractivity contribution < 1.29 is 84.3 Å². The Balaban J connectivity index is 1.88. The summed E-state index contributed by atoms with van der Waals surface area (Å²) in [6.45, 7) is 6.78. The van der Waals surface area contributed by atoms with E-state index in [9.17, 15) is 60.7 Å². The van der Waals surface area contributed by atoms with E-state index in [1.807, 2.05) is 37.3 Å². The summed E-state index contributed by atoms with van der Waals surface area (Å²) in [6, 6.07) is -1.13. The third kappa shape index (κ3) is 18.6. The third-order valence-corrected chi connectivity index (χ3v) is 12.2. The van der Waals surface area contributed by atoms with Gasteiger partial charge >= 0.3 is 11.9 Å². The first-order chi connectivity index (χ1) is 31.2. The zero-order valence-corrected chi connectivity index (χ0v) is 38.5. The van der Waals surface area contributed by atoms with Crippen molar-refractivity contribution in [1.82, 2.24) is 0 Å². The molecule has 0 aliphatic carbocycles. The molecule has 0 unspecified atom stereocenters. The summed E-state index contributed by atoms with van der Waals surface area (Å²) in [6.07, 6.45) is 4.50. The van der Waals surface area contributed by atoms with Crippen LogP contribution < -0.4 is 5.73 Å². The Hall–Kier alpha value is -3.44. The van der Waals surface area contributed by atoms with Gasteiger partial charge in [0.25, 0.3) is 0 Å². The first kappa shape index (κ1) is 56.9. The first-order valence-corrected chi connectivity index (χ1v) is 22.7. The van der Waals surface area contributed by atoms with Crippen LogP contribution in [0.15, 0.2) is 85.1 Å². The van der Waals surface area contributed by atoms with Crippen LogP contribution in [-0.2, 0) is 33.3 Å². The molecular formula is C48H75NO17. The summed E-state index contributed by atoms with van der Waals surface area (Å²) in [7, 11) is 1.12. The van der Waals surface area contributed by atoms with Gasteiger partial charge in [0.2, 0.25) is 0 Å². The SMILES string of the molecule is COC(=O)[C@H]1[C@@H]2C[C@@H](O[C@@H]3O[C@H](C)[C@@H](O)[C@H](N)[C@@H]3O)C=CC=CC=[13CH]C=CC=CC=CC=C[C@H](C)[C@@H](O)[C@@H](C)[C@H](C)OC(=O)C[C@H](O)C[C@H](O)CC[C@@H](O)[C@H](O)C[C@H](O)C[C@](O)(C[C@@H]1O)O2. The topological polar surface area (TPSA) is 309 Å². The van der Waals surface area contributed by atoms with Crippen molar-refractivity contribution in [2.45, 2.75) is 177 Å². The summed E-state index contributed by atoms with van der Waals surface area (Å²) in [5, 5.41) is 109. The standard InChI is InChI=1S/C48H75NO17/c1-28-18-16-14-12-10-8-6-7-9-11-13-15-17-19-35(65-47-45(59)42(49)44(58)31(4)64-47)25-39-41(46(60)62-5)38(55)27-48(61,66-39)26-34(52)23-37(54)36(53)21-20-32(50)22-33(51)24-40(56)63-30(3)29(2)43(28)57/h6-19,28-39,41-45,47,50-55,57-59,61H,20-27,49H2,1-5H3/t28-,29-,30-,31+,32+,33+,34-,35-,36+,37+,38-,39-,41+,42-,43+,44+,45-,47-,48+/m0/s1/i9+1. The second kappa shape index (κ2) is 28.1. The van der Waals surface area contributed by atoms with Crippen molar-refractivity contribution in [1.29, 1.82) is 0 Å². The van der Waals surface area contributed by atoms with E-state index in [-0.39, 0.29) is 31.6 Å². The molecule has 3 aliphatic rings. The zero-order chi connectivity index (χ0) is 49.1. The van der Waals surface area contributed by atoms with Crippen LogP contribution in [0.2, 0.25) is 0 Å². The predicted octanol–water partition coefficient (Wildman–Crippen LogP) is 0.800. The van der Waals surface area contributed by atoms with Crippen LogP contribution >= 0.6 is 0 Å². The van der Waals surface area contributed by atoms with Crippen molar-refractivity contribution >= 4 is 11.9 Å². The largest absolute Gasteiger partial charge is 0.469 e. The maximum Gasteiger partial charge on any atom is 0.313 e. The number of ether oxygens (including phenoxy) is 5. The van der Waals surface area contributed by atoms with Crippen LogP contribution in [-0.4, -0.2) is 168 Å². The Morgan fingerprint density at radius 2 is 1.24 bits per heavy atom. The van der Waals surface area contributed by atoms with Gasteiger partial charge in [0.15, 0.2) is 12.1 Å². The molecule has 0 amide bonds. The van der Waals surface area contributed by atoms with Crippen molar-refractivity contribution in [3.05, 3.63) is 85.1 Å². The number of rotatable bonds is 3. The number of hydrogen-bond acceptors (Lipinski definition) is 18. The monoisotopic (exact) mass is 939 g/mol. The smallest absolute Gasteiger partial charge is 0.313 e. The molecule has 3 rings (SSSR count). The number of aliphatic hydroxyl groups is 10. The van der Waals surface area contributed by atoms with Gasteiger partial charge in [-0.2, -0.15) is 0 Å². The highest BCUT2D eigenvalue weighted by Gasteiger charge is 2.51. The fourth-order valence-electron chi connectivity index (χ4n) is 8.09. The molecule has 374 valence electrons. The summed E-state index contributed by atoms with van der Waals surface area (Å²) >= 11 is 0. The van der Waals surface area contributed by atoms with Crippen molar-refractivity contribution in [2.75, 3.05) is 7.11 Å². The quantitative estimate of drug-likeness (QED) is 0.138. The minimum atomic E-state index is -2.27. The van der Waals surface area contributed by atoms with E-state index in [1.54, 1.807) is 75.5 Å². The van der Waals surface area contributed by atoms with E-state index in [0.717, 1.165) is 7.11 Å². The van der Waals surface area contributed by atoms with E-state index >= 15 is 0 Å². The summed E-state index contributed by atoms with van der Waals surface area (Å²) in [5.74, 6) is -5.93. The number of nitrogens with two attached hydrogens (primary N) is 1. The number of fused-ring (bicyclic) bond motifs is 2. The van der Waals surface area contributed by atoms with Crippen LogP contribution in [0.3, 0.4) is 0 Å². The Bertz CT molecular complexity index is 1680. The molecule has 12 N–H and O–H groups in total. The van der Waals surface area contributed by atoms with Gasteiger partial charge in [-0.05, 0) is 33.1 Å². The fraction of sp³-hybridized carbons (Fsp3) is 0.667. The lowest BCUT2D eigenvalue weighted by Gasteiger charge is -2.45. The van der Waals surface area contributed by atoms with Crippen LogP contribution in [0.4, 0.5) is 0 Å². The number of esters is 2.